The minimum atomic E-state index is -0.540. The number of ether oxygens (including phenoxy) is 1. The first-order chi connectivity index (χ1) is 9.42. The van der Waals surface area contributed by atoms with Crippen LogP contribution in [0.25, 0.3) is 0 Å². The van der Waals surface area contributed by atoms with Crippen molar-refractivity contribution in [2.24, 2.45) is 5.92 Å². The van der Waals surface area contributed by atoms with Gasteiger partial charge < -0.3 is 0 Å². The molecule has 20 heavy (non-hydrogen) atoms. The van der Waals surface area contributed by atoms with Crippen molar-refractivity contribution >= 4 is 32.3 Å². The van der Waals surface area contributed by atoms with E-state index in [1.807, 2.05) is 0 Å². The molecule has 0 heterocycles. The Balaban J connectivity index is 2.94. The predicted molar refractivity (Wildman–Crippen MR) is 84.7 cm³/mol. The maximum absolute atomic E-state index is 11.3. The van der Waals surface area contributed by atoms with E-state index >= 15 is 0 Å². The number of hydrogen-bond donors (Lipinski definition) is 1. The van der Waals surface area contributed by atoms with Crippen molar-refractivity contribution in [1.29, 1.82) is 0 Å². The number of nitrogens with one attached hydrogen (secondary N) is 1. The molecule has 0 spiro atoms. The van der Waals surface area contributed by atoms with Gasteiger partial charge in [-0.05, 0) is 0 Å². The molecule has 0 aliphatic rings. The molecular formula is C15H16B2NO2. The Labute approximate surface area is 122 Å². The van der Waals surface area contributed by atoms with Gasteiger partial charge in [0.05, 0.1) is 0 Å². The molecule has 0 fully saturated rings. The van der Waals surface area contributed by atoms with Gasteiger partial charge in [-0.25, -0.2) is 0 Å². The van der Waals surface area contributed by atoms with Gasteiger partial charge in [0.1, 0.15) is 0 Å². The molecule has 0 aromatic heterocycles. The summed E-state index contributed by atoms with van der Waals surface area (Å²) in [7, 11) is 11.2. The van der Waals surface area contributed by atoms with Gasteiger partial charge in [-0.1, -0.05) is 0 Å². The number of benzene rings is 1. The quantitative estimate of drug-likeness (QED) is 0.602. The first-order valence-corrected chi connectivity index (χ1v) is 6.32. The topological polar surface area (TPSA) is 38.3 Å². The van der Waals surface area contributed by atoms with Crippen LogP contribution in [-0.4, -0.2) is 33.2 Å². The number of terminal acetylenes is 1. The number of anilines is 1. The van der Waals surface area contributed by atoms with Gasteiger partial charge in [-0.3, -0.25) is 0 Å². The fraction of sp³-hybridized carbons (Fsp3) is 0.333. The van der Waals surface area contributed by atoms with Crippen LogP contribution < -0.4 is 10.1 Å². The van der Waals surface area contributed by atoms with Crippen molar-refractivity contribution in [3.63, 3.8) is 0 Å². The van der Waals surface area contributed by atoms with E-state index in [-0.39, 0.29) is 6.61 Å². The molecule has 1 N–H and O–H groups in total. The van der Waals surface area contributed by atoms with Gasteiger partial charge in [0.15, 0.2) is 0 Å². The number of carbonyl (C=O) groups is 1. The summed E-state index contributed by atoms with van der Waals surface area (Å²) in [6, 6.07) is 4.89. The van der Waals surface area contributed by atoms with E-state index in [0.29, 0.717) is 28.5 Å². The minimum absolute atomic E-state index is 0.118. The molecule has 1 aromatic carbocycles. The van der Waals surface area contributed by atoms with E-state index < -0.39 is 5.68 Å². The molecule has 99 valence electrons. The molecule has 5 heteroatoms. The van der Waals surface area contributed by atoms with Crippen LogP contribution in [0.5, 0.6) is 5.75 Å². The summed E-state index contributed by atoms with van der Waals surface area (Å²) in [4.78, 5) is 11.3. The fourth-order valence-electron chi connectivity index (χ4n) is 1.70. The van der Waals surface area contributed by atoms with Gasteiger partial charge in [0, 0.05) is 0 Å². The SMILES string of the molecule is [B]C(=O)c1cc(NC(=[B])CC(C)C)cc(OCC#C)c1. The summed E-state index contributed by atoms with van der Waals surface area (Å²) in [5.41, 5.74) is 1.05. The molecule has 0 bridgehead atoms. The van der Waals surface area contributed by atoms with Crippen molar-refractivity contribution in [1.82, 2.24) is 0 Å². The van der Waals surface area contributed by atoms with Crippen LogP contribution in [0.4, 0.5) is 5.69 Å². The van der Waals surface area contributed by atoms with Crippen LogP contribution in [-0.2, 0) is 0 Å². The Kier molecular flexibility index (Phi) is 6.11. The van der Waals surface area contributed by atoms with Crippen molar-refractivity contribution in [2.45, 2.75) is 20.3 Å². The third kappa shape index (κ3) is 5.36. The zero-order chi connectivity index (χ0) is 15.1. The van der Waals surface area contributed by atoms with E-state index in [0.717, 1.165) is 6.42 Å². The fourth-order valence-corrected chi connectivity index (χ4v) is 1.70. The summed E-state index contributed by atoms with van der Waals surface area (Å²) >= 11 is 0. The Morgan fingerprint density at radius 1 is 1.45 bits per heavy atom. The van der Waals surface area contributed by atoms with Gasteiger partial charge >= 0.3 is 122 Å². The predicted octanol–water partition coefficient (Wildman–Crippen LogP) is 1.76. The van der Waals surface area contributed by atoms with Crippen LogP contribution in [0.3, 0.4) is 0 Å². The van der Waals surface area contributed by atoms with Crippen molar-refractivity contribution < 1.29 is 9.53 Å². The Morgan fingerprint density at radius 2 is 2.15 bits per heavy atom. The summed E-state index contributed by atoms with van der Waals surface area (Å²) in [5.74, 6) is 3.26. The molecule has 1 rings (SSSR count). The van der Waals surface area contributed by atoms with E-state index in [4.69, 9.17) is 26.5 Å². The molecule has 0 atom stereocenters. The average molecular weight is 264 g/mol. The number of hydrogen-bond acceptors (Lipinski definition) is 3. The summed E-state index contributed by atoms with van der Waals surface area (Å²) in [6.45, 7) is 4.25. The molecule has 0 amide bonds. The summed E-state index contributed by atoms with van der Waals surface area (Å²) in [5, 5.41) is 3.04. The second kappa shape index (κ2) is 7.59. The zero-order valence-corrected chi connectivity index (χ0v) is 11.8. The van der Waals surface area contributed by atoms with Crippen molar-refractivity contribution in [2.75, 3.05) is 11.9 Å². The standard InChI is InChI=1S/C15H16B2NO2/c1-4-5-20-13-8-11(15(17)19)7-12(9-13)18-14(16)6-10(2)3/h1,7-10,18H,5-6H2,2-3H3. The van der Waals surface area contributed by atoms with Crippen LogP contribution in [0, 0.1) is 18.3 Å². The van der Waals surface area contributed by atoms with E-state index in [2.05, 4.69) is 25.1 Å². The third-order valence-electron chi connectivity index (χ3n) is 2.45. The molecule has 0 saturated heterocycles. The Morgan fingerprint density at radius 3 is 2.70 bits per heavy atom. The van der Waals surface area contributed by atoms with Gasteiger partial charge in [0.2, 0.25) is 0 Å². The molecule has 1 aromatic rings. The van der Waals surface area contributed by atoms with Gasteiger partial charge in [0.25, 0.3) is 0 Å². The first-order valence-electron chi connectivity index (χ1n) is 6.32. The molecule has 0 unspecified atom stereocenters. The molecule has 3 nitrogen and oxygen atoms in total. The second-order valence-electron chi connectivity index (χ2n) is 4.85. The molecule has 0 aliphatic carbocycles. The average Bonchev–Trinajstić information content (AvgIpc) is 2.34. The number of carbonyl (C=O) groups excluding carboxylic acids is 1. The van der Waals surface area contributed by atoms with Crippen LogP contribution in [0.2, 0.25) is 0 Å². The van der Waals surface area contributed by atoms with Gasteiger partial charge in [-0.15, -0.1) is 0 Å². The molecular weight excluding hydrogens is 248 g/mol. The Bertz CT molecular complexity index is 547. The third-order valence-corrected chi connectivity index (χ3v) is 2.45. The van der Waals surface area contributed by atoms with Crippen molar-refractivity contribution in [3.8, 4) is 18.1 Å². The van der Waals surface area contributed by atoms with E-state index in [1.165, 1.54) is 0 Å². The Hall–Kier alpha value is -1.95. The maximum atomic E-state index is 11.3. The van der Waals surface area contributed by atoms with Crippen molar-refractivity contribution in [3.05, 3.63) is 23.8 Å². The molecule has 0 saturated carbocycles. The van der Waals surface area contributed by atoms with Crippen LogP contribution in [0.1, 0.15) is 30.6 Å². The number of rotatable bonds is 7. The normalized spacial score (nSPS) is 9.85. The summed E-state index contributed by atoms with van der Waals surface area (Å²) < 4.78 is 5.32. The monoisotopic (exact) mass is 264 g/mol. The van der Waals surface area contributed by atoms with Crippen LogP contribution in [0.15, 0.2) is 18.2 Å². The van der Waals surface area contributed by atoms with Crippen LogP contribution >= 0.6 is 0 Å². The summed E-state index contributed by atoms with van der Waals surface area (Å²) in [6.07, 6.45) is 5.86. The van der Waals surface area contributed by atoms with E-state index in [1.54, 1.807) is 18.2 Å². The zero-order valence-electron chi connectivity index (χ0n) is 11.8. The van der Waals surface area contributed by atoms with E-state index in [9.17, 15) is 4.79 Å². The molecule has 0 aliphatic heterocycles. The first kappa shape index (κ1) is 16.1. The second-order valence-corrected chi connectivity index (χ2v) is 4.85. The molecule has 3 radical (unpaired) electrons. The van der Waals surface area contributed by atoms with Gasteiger partial charge in [-0.2, -0.15) is 0 Å².